The van der Waals surface area contributed by atoms with Crippen molar-refractivity contribution in [1.29, 1.82) is 0 Å². The van der Waals surface area contributed by atoms with E-state index >= 15 is 0 Å². The van der Waals surface area contributed by atoms with Crippen LogP contribution in [-0.4, -0.2) is 68.4 Å². The summed E-state index contributed by atoms with van der Waals surface area (Å²) < 4.78 is 17.5. The summed E-state index contributed by atoms with van der Waals surface area (Å²) in [6.07, 6.45) is -4.28. The number of phenols is 1. The third kappa shape index (κ3) is 3.77. The minimum atomic E-state index is -1.09. The smallest absolute Gasteiger partial charge is 0.331 e. The van der Waals surface area contributed by atoms with Crippen LogP contribution in [0.2, 0.25) is 0 Å². The van der Waals surface area contributed by atoms with Gasteiger partial charge in [0.2, 0.25) is 18.3 Å². The van der Waals surface area contributed by atoms with Crippen LogP contribution in [0.25, 0.3) is 5.57 Å². The lowest BCUT2D eigenvalue weighted by Gasteiger charge is -2.40. The molecule has 4 aliphatic rings. The number of aryl methyl sites for hydroxylation is 1. The van der Waals surface area contributed by atoms with Gasteiger partial charge in [-0.2, -0.15) is 0 Å². The van der Waals surface area contributed by atoms with Gasteiger partial charge in [0.25, 0.3) is 0 Å². The Kier molecular flexibility index (Phi) is 6.25. The summed E-state index contributed by atoms with van der Waals surface area (Å²) in [6, 6.07) is 7.08. The number of aliphatic hydroxyl groups excluding tert-OH is 2. The maximum absolute atomic E-state index is 14.4. The van der Waals surface area contributed by atoms with Gasteiger partial charge in [0.05, 0.1) is 23.3 Å². The van der Waals surface area contributed by atoms with E-state index in [1.54, 1.807) is 30.9 Å². The van der Waals surface area contributed by atoms with Crippen molar-refractivity contribution < 1.29 is 43.9 Å². The highest BCUT2D eigenvalue weighted by atomic mass is 16.7. The maximum Gasteiger partial charge on any atom is 0.331 e. The van der Waals surface area contributed by atoms with Crippen molar-refractivity contribution in [3.63, 3.8) is 0 Å². The summed E-state index contributed by atoms with van der Waals surface area (Å²) in [5, 5.41) is 31.3. The molecule has 40 heavy (non-hydrogen) atoms. The van der Waals surface area contributed by atoms with Crippen molar-refractivity contribution in [1.82, 2.24) is 4.90 Å². The van der Waals surface area contributed by atoms with Gasteiger partial charge in [-0.05, 0) is 43.5 Å². The lowest BCUT2D eigenvalue weighted by atomic mass is 9.77. The van der Waals surface area contributed by atoms with E-state index in [0.29, 0.717) is 17.5 Å². The Bertz CT molecular complexity index is 1470. The third-order valence-corrected chi connectivity index (χ3v) is 8.38. The topological polar surface area (TPSA) is 143 Å². The molecule has 10 heteroatoms. The number of aromatic hydroxyl groups is 1. The molecule has 210 valence electrons. The van der Waals surface area contributed by atoms with Crippen molar-refractivity contribution >= 4 is 23.1 Å². The molecular weight excluding hydrogens is 518 g/mol. The second-order valence-corrected chi connectivity index (χ2v) is 11.0. The number of ketones is 2. The van der Waals surface area contributed by atoms with Gasteiger partial charge >= 0.3 is 5.97 Å². The van der Waals surface area contributed by atoms with Crippen molar-refractivity contribution in [3.8, 4) is 11.5 Å². The first-order valence-electron chi connectivity index (χ1n) is 13.5. The SMILES string of the molecule is CC[C@H](C)[C@H]1C(=O)O[C@H]2c3cc(C)cc(O)c3C3=C(C(=O)c4c(O[C@H]5C[C@@H](O)[C@@H](O)[C@@H](C)O5)cccc4C3=O)N12. The second-order valence-electron chi connectivity index (χ2n) is 11.0. The van der Waals surface area contributed by atoms with Gasteiger partial charge < -0.3 is 34.4 Å². The Hall–Kier alpha value is -3.73. The highest BCUT2D eigenvalue weighted by molar-refractivity contribution is 6.41. The zero-order valence-corrected chi connectivity index (χ0v) is 22.6. The highest BCUT2D eigenvalue weighted by Gasteiger charge is 2.55. The third-order valence-electron chi connectivity index (χ3n) is 8.38. The number of ether oxygens (including phenoxy) is 3. The number of carbonyl (C=O) groups excluding carboxylic acids is 3. The van der Waals surface area contributed by atoms with Gasteiger partial charge in [-0.1, -0.05) is 32.4 Å². The van der Waals surface area contributed by atoms with Crippen molar-refractivity contribution in [2.45, 2.75) is 77.4 Å². The predicted molar refractivity (Wildman–Crippen MR) is 140 cm³/mol. The average Bonchev–Trinajstić information content (AvgIpc) is 3.26. The Morgan fingerprint density at radius 2 is 1.88 bits per heavy atom. The van der Waals surface area contributed by atoms with Crippen LogP contribution in [0.1, 0.15) is 77.2 Å². The lowest BCUT2D eigenvalue weighted by Crippen LogP contribution is -2.48. The minimum absolute atomic E-state index is 0.000771. The molecule has 0 saturated carbocycles. The number of allylic oxidation sites excluding steroid dienone is 2. The van der Waals surface area contributed by atoms with Crippen molar-refractivity contribution in [3.05, 3.63) is 63.8 Å². The molecule has 0 unspecified atom stereocenters. The number of nitrogens with zero attached hydrogens (tertiary/aromatic N) is 1. The zero-order valence-electron chi connectivity index (χ0n) is 22.6. The number of hydrogen-bond donors (Lipinski definition) is 3. The molecular formula is C30H31NO9. The van der Waals surface area contributed by atoms with E-state index in [1.165, 1.54) is 18.2 Å². The van der Waals surface area contributed by atoms with Gasteiger partial charge in [0.1, 0.15) is 29.3 Å². The van der Waals surface area contributed by atoms with Crippen LogP contribution >= 0.6 is 0 Å². The summed E-state index contributed by atoms with van der Waals surface area (Å²) in [7, 11) is 0. The fourth-order valence-electron chi connectivity index (χ4n) is 6.20. The molecule has 10 nitrogen and oxygen atoms in total. The first kappa shape index (κ1) is 26.5. The van der Waals surface area contributed by atoms with E-state index in [1.807, 2.05) is 13.8 Å². The first-order chi connectivity index (χ1) is 19.0. The Labute approximate surface area is 230 Å². The van der Waals surface area contributed by atoms with Crippen LogP contribution in [-0.2, 0) is 14.3 Å². The molecule has 0 aromatic heterocycles. The average molecular weight is 550 g/mol. The summed E-state index contributed by atoms with van der Waals surface area (Å²) in [5.41, 5.74) is 1.42. The van der Waals surface area contributed by atoms with Crippen molar-refractivity contribution in [2.75, 3.05) is 0 Å². The van der Waals surface area contributed by atoms with E-state index < -0.39 is 54.4 Å². The molecule has 3 N–H and O–H groups in total. The number of phenolic OH excluding ortho intramolecular Hbond substituents is 1. The van der Waals surface area contributed by atoms with E-state index in [4.69, 9.17) is 14.2 Å². The van der Waals surface area contributed by atoms with Gasteiger partial charge in [0, 0.05) is 23.1 Å². The summed E-state index contributed by atoms with van der Waals surface area (Å²) in [6.45, 7) is 7.20. The molecule has 2 fully saturated rings. The quantitative estimate of drug-likeness (QED) is 0.487. The van der Waals surface area contributed by atoms with Crippen LogP contribution in [0.5, 0.6) is 11.5 Å². The molecule has 7 atom stereocenters. The fourth-order valence-corrected chi connectivity index (χ4v) is 6.20. The maximum atomic E-state index is 14.4. The lowest BCUT2D eigenvalue weighted by molar-refractivity contribution is -0.216. The normalized spacial score (nSPS) is 29.9. The van der Waals surface area contributed by atoms with Gasteiger partial charge in [-0.15, -0.1) is 0 Å². The number of fused-ring (bicyclic) bond motifs is 6. The molecule has 3 aliphatic heterocycles. The number of hydrogen-bond acceptors (Lipinski definition) is 10. The summed E-state index contributed by atoms with van der Waals surface area (Å²) in [4.78, 5) is 43.4. The molecule has 6 rings (SSSR count). The number of Topliss-reactive ketones (excluding diaryl/α,β-unsaturated/α-hetero) is 2. The summed E-state index contributed by atoms with van der Waals surface area (Å²) in [5.74, 6) is -1.86. The second kappa shape index (κ2) is 9.43. The van der Waals surface area contributed by atoms with Gasteiger partial charge in [-0.3, -0.25) is 9.59 Å². The van der Waals surface area contributed by atoms with Crippen LogP contribution in [0.3, 0.4) is 0 Å². The Morgan fingerprint density at radius 3 is 2.58 bits per heavy atom. The van der Waals surface area contributed by atoms with Crippen LogP contribution < -0.4 is 4.74 Å². The Morgan fingerprint density at radius 1 is 1.12 bits per heavy atom. The van der Waals surface area contributed by atoms with E-state index in [9.17, 15) is 29.7 Å². The number of benzene rings is 2. The molecule has 2 aromatic rings. The fraction of sp³-hybridized carbons (Fsp3) is 0.433. The van der Waals surface area contributed by atoms with E-state index in [-0.39, 0.29) is 51.8 Å². The van der Waals surface area contributed by atoms with Crippen LogP contribution in [0.15, 0.2) is 36.0 Å². The van der Waals surface area contributed by atoms with E-state index in [2.05, 4.69) is 0 Å². The summed E-state index contributed by atoms with van der Waals surface area (Å²) >= 11 is 0. The van der Waals surface area contributed by atoms with E-state index in [0.717, 1.165) is 0 Å². The van der Waals surface area contributed by atoms with Crippen LogP contribution in [0, 0.1) is 12.8 Å². The minimum Gasteiger partial charge on any atom is -0.507 e. The Balaban J connectivity index is 1.52. The van der Waals surface area contributed by atoms with Crippen LogP contribution in [0.4, 0.5) is 0 Å². The standard InChI is InChI=1S/C30H31NO9/c1-5-13(3)24-30(37)40-29-16-9-12(2)10-17(32)21(16)23-25(31(24)29)28(36)22-15(27(23)35)7-6-8-19(22)39-20-11-18(33)26(34)14(4)38-20/h6-10,13-14,18,20,24,26,29,32-34H,5,11H2,1-4H3/t13-,14+,18+,20-,24-,26-,29-/m0/s1. The van der Waals surface area contributed by atoms with Crippen molar-refractivity contribution in [2.24, 2.45) is 5.92 Å². The van der Waals surface area contributed by atoms with Gasteiger partial charge in [-0.25, -0.2) is 4.79 Å². The largest absolute Gasteiger partial charge is 0.507 e. The number of aliphatic hydroxyl groups is 2. The molecule has 0 bridgehead atoms. The number of rotatable bonds is 4. The first-order valence-corrected chi connectivity index (χ1v) is 13.5. The monoisotopic (exact) mass is 549 g/mol. The molecule has 2 aromatic carbocycles. The molecule has 0 amide bonds. The zero-order chi connectivity index (χ0) is 28.6. The predicted octanol–water partition coefficient (Wildman–Crippen LogP) is 3.01. The molecule has 0 radical (unpaired) electrons. The number of esters is 1. The molecule has 1 aliphatic carbocycles. The molecule has 0 spiro atoms. The molecule has 2 saturated heterocycles. The molecule has 3 heterocycles. The highest BCUT2D eigenvalue weighted by Crippen LogP contribution is 2.53. The number of carbonyl (C=O) groups is 3. The van der Waals surface area contributed by atoms with Gasteiger partial charge in [0.15, 0.2) is 5.78 Å².